The molecule has 5 nitrogen and oxygen atoms in total. The Kier molecular flexibility index (Phi) is 16.3. The third-order valence-electron chi connectivity index (χ3n) is 10.9. The number of aliphatic hydroxyl groups excluding tert-OH is 2. The van der Waals surface area contributed by atoms with Crippen molar-refractivity contribution in [1.82, 2.24) is 0 Å². The van der Waals surface area contributed by atoms with E-state index in [2.05, 4.69) is 38.6 Å². The molecular weight excluding hydrogens is 548 g/mol. The minimum atomic E-state index is -0.500. The highest BCUT2D eigenvalue weighted by Crippen LogP contribution is 2.45. The van der Waals surface area contributed by atoms with E-state index in [4.69, 9.17) is 9.47 Å². The molecule has 5 heteroatoms. The van der Waals surface area contributed by atoms with Gasteiger partial charge in [0.2, 0.25) is 0 Å². The fourth-order valence-corrected chi connectivity index (χ4v) is 7.72. The maximum Gasteiger partial charge on any atom is 0.333 e. The van der Waals surface area contributed by atoms with Crippen molar-refractivity contribution in [2.24, 2.45) is 23.2 Å². The van der Waals surface area contributed by atoms with E-state index in [1.807, 2.05) is 0 Å². The number of esters is 1. The zero-order valence-electron chi connectivity index (χ0n) is 28.4. The molecule has 0 bridgehead atoms. The van der Waals surface area contributed by atoms with Crippen molar-refractivity contribution in [2.75, 3.05) is 26.4 Å². The molecule has 0 amide bonds. The lowest BCUT2D eigenvalue weighted by Gasteiger charge is -2.38. The fourth-order valence-electron chi connectivity index (χ4n) is 7.72. The summed E-state index contributed by atoms with van der Waals surface area (Å²) in [5.74, 6) is 3.94. The quantitative estimate of drug-likeness (QED) is 0.0872. The third kappa shape index (κ3) is 11.5. The van der Waals surface area contributed by atoms with Gasteiger partial charge < -0.3 is 19.7 Å². The average molecular weight is 613 g/mol. The molecule has 0 saturated heterocycles. The van der Waals surface area contributed by atoms with Crippen LogP contribution in [-0.2, 0) is 16.0 Å². The second-order valence-electron chi connectivity index (χ2n) is 14.3. The summed E-state index contributed by atoms with van der Waals surface area (Å²) in [5.41, 5.74) is 2.49. The molecule has 0 spiro atoms. The average Bonchev–Trinajstić information content (AvgIpc) is 3.05. The molecule has 2 saturated carbocycles. The van der Waals surface area contributed by atoms with E-state index in [-0.39, 0.29) is 19.2 Å². The zero-order valence-corrected chi connectivity index (χ0v) is 28.4. The molecule has 0 heterocycles. The van der Waals surface area contributed by atoms with Crippen LogP contribution in [0.2, 0.25) is 0 Å². The summed E-state index contributed by atoms with van der Waals surface area (Å²) in [4.78, 5) is 11.9. The highest BCUT2D eigenvalue weighted by molar-refractivity contribution is 5.86. The second kappa shape index (κ2) is 19.6. The number of hydrogen-bond donors (Lipinski definition) is 2. The predicted molar refractivity (Wildman–Crippen MR) is 181 cm³/mol. The molecule has 0 aliphatic heterocycles. The molecule has 250 valence electrons. The number of unbranched alkanes of at least 4 members (excludes halogenated alkanes) is 3. The Morgan fingerprint density at radius 1 is 0.864 bits per heavy atom. The van der Waals surface area contributed by atoms with Crippen molar-refractivity contribution < 1.29 is 24.5 Å². The van der Waals surface area contributed by atoms with Crippen molar-refractivity contribution >= 4 is 5.97 Å². The number of aryl methyl sites for hydroxylation is 1. The SMILES string of the molecule is C=C(C)C(=O)OCCCc1cc(C2CCC(C3CCC(CCCCC)CC3)CC2)ccc1OCCC(CO)(CO)CCCC. The summed E-state index contributed by atoms with van der Waals surface area (Å²) >= 11 is 0. The number of rotatable bonds is 20. The van der Waals surface area contributed by atoms with Gasteiger partial charge in [-0.25, -0.2) is 4.79 Å². The van der Waals surface area contributed by atoms with Gasteiger partial charge in [-0.2, -0.15) is 0 Å². The number of hydrogen-bond acceptors (Lipinski definition) is 5. The maximum absolute atomic E-state index is 11.9. The highest BCUT2D eigenvalue weighted by atomic mass is 16.5. The van der Waals surface area contributed by atoms with Gasteiger partial charge in [-0.05, 0) is 112 Å². The number of carbonyl (C=O) groups excluding carboxylic acids is 1. The van der Waals surface area contributed by atoms with Crippen LogP contribution < -0.4 is 4.74 Å². The van der Waals surface area contributed by atoms with Crippen molar-refractivity contribution in [2.45, 2.75) is 142 Å². The third-order valence-corrected chi connectivity index (χ3v) is 10.9. The van der Waals surface area contributed by atoms with Crippen molar-refractivity contribution in [3.8, 4) is 5.75 Å². The van der Waals surface area contributed by atoms with Crippen LogP contribution in [0.25, 0.3) is 0 Å². The first-order valence-corrected chi connectivity index (χ1v) is 18.1. The van der Waals surface area contributed by atoms with Crippen LogP contribution in [0.5, 0.6) is 5.75 Å². The van der Waals surface area contributed by atoms with Gasteiger partial charge in [-0.3, -0.25) is 0 Å². The number of benzene rings is 1. The lowest BCUT2D eigenvalue weighted by molar-refractivity contribution is -0.139. The number of ether oxygens (including phenoxy) is 2. The summed E-state index contributed by atoms with van der Waals surface area (Å²) in [5, 5.41) is 20.1. The Balaban J connectivity index is 1.58. The van der Waals surface area contributed by atoms with E-state index >= 15 is 0 Å². The van der Waals surface area contributed by atoms with Crippen LogP contribution in [0.15, 0.2) is 30.4 Å². The van der Waals surface area contributed by atoms with E-state index in [1.165, 1.54) is 82.6 Å². The molecule has 1 aromatic rings. The van der Waals surface area contributed by atoms with Gasteiger partial charge in [0.1, 0.15) is 5.75 Å². The molecule has 3 rings (SSSR count). The molecule has 44 heavy (non-hydrogen) atoms. The summed E-state index contributed by atoms with van der Waals surface area (Å²) in [7, 11) is 0. The first-order chi connectivity index (χ1) is 21.3. The monoisotopic (exact) mass is 612 g/mol. The summed E-state index contributed by atoms with van der Waals surface area (Å²) in [6.07, 6.45) is 21.6. The van der Waals surface area contributed by atoms with Crippen LogP contribution in [0.4, 0.5) is 0 Å². The normalized spacial score (nSPS) is 22.5. The molecule has 1 aromatic carbocycles. The maximum atomic E-state index is 11.9. The fraction of sp³-hybridized carbons (Fsp3) is 0.769. The van der Waals surface area contributed by atoms with E-state index in [0.29, 0.717) is 31.1 Å². The molecule has 0 unspecified atom stereocenters. The van der Waals surface area contributed by atoms with Crippen LogP contribution >= 0.6 is 0 Å². The summed E-state index contributed by atoms with van der Waals surface area (Å²) in [6, 6.07) is 6.72. The van der Waals surface area contributed by atoms with Gasteiger partial charge in [-0.15, -0.1) is 0 Å². The molecule has 0 radical (unpaired) electrons. The van der Waals surface area contributed by atoms with Gasteiger partial charge in [-0.1, -0.05) is 83.9 Å². The minimum absolute atomic E-state index is 0.0319. The van der Waals surface area contributed by atoms with Gasteiger partial charge in [0.15, 0.2) is 0 Å². The Morgan fingerprint density at radius 2 is 1.52 bits per heavy atom. The molecule has 0 atom stereocenters. The molecule has 2 aliphatic carbocycles. The lowest BCUT2D eigenvalue weighted by Crippen LogP contribution is -2.32. The summed E-state index contributed by atoms with van der Waals surface area (Å²) < 4.78 is 11.7. The lowest BCUT2D eigenvalue weighted by atomic mass is 9.68. The van der Waals surface area contributed by atoms with Gasteiger partial charge in [0.25, 0.3) is 0 Å². The van der Waals surface area contributed by atoms with E-state index < -0.39 is 5.41 Å². The standard InChI is InChI=1S/C39H64O5/c1-5-7-9-11-31-13-15-32(16-14-31)33-17-19-34(20-18-33)35-21-22-37(36(27-35)12-10-25-44-38(42)30(3)4)43-26-24-39(28-40,29-41)23-8-6-2/h21-22,27,31-34,40-41H,3,5-20,23-26,28-29H2,1-2,4H3. The van der Waals surface area contributed by atoms with E-state index in [1.54, 1.807) is 6.92 Å². The zero-order chi connectivity index (χ0) is 31.8. The Morgan fingerprint density at radius 3 is 2.14 bits per heavy atom. The molecule has 0 aromatic heterocycles. The molecule has 2 fully saturated rings. The van der Waals surface area contributed by atoms with Crippen molar-refractivity contribution in [3.63, 3.8) is 0 Å². The van der Waals surface area contributed by atoms with E-state index in [9.17, 15) is 15.0 Å². The highest BCUT2D eigenvalue weighted by Gasteiger charge is 2.32. The minimum Gasteiger partial charge on any atom is -0.493 e. The second-order valence-corrected chi connectivity index (χ2v) is 14.3. The van der Waals surface area contributed by atoms with Gasteiger partial charge >= 0.3 is 5.97 Å². The van der Waals surface area contributed by atoms with Crippen LogP contribution in [0, 0.1) is 23.2 Å². The Labute approximate surface area is 269 Å². The van der Waals surface area contributed by atoms with Crippen molar-refractivity contribution in [3.05, 3.63) is 41.5 Å². The first kappa shape index (κ1) is 36.6. The molecule has 2 N–H and O–H groups in total. The van der Waals surface area contributed by atoms with Gasteiger partial charge in [0.05, 0.1) is 26.4 Å². The predicted octanol–water partition coefficient (Wildman–Crippen LogP) is 9.33. The smallest absolute Gasteiger partial charge is 0.333 e. The van der Waals surface area contributed by atoms with Gasteiger partial charge in [0, 0.05) is 11.0 Å². The molecule has 2 aliphatic rings. The van der Waals surface area contributed by atoms with Crippen LogP contribution in [-0.4, -0.2) is 42.6 Å². The largest absolute Gasteiger partial charge is 0.493 e. The Bertz CT molecular complexity index is 967. The van der Waals surface area contributed by atoms with E-state index in [0.717, 1.165) is 61.2 Å². The summed E-state index contributed by atoms with van der Waals surface area (Å²) in [6.45, 7) is 10.5. The number of aliphatic hydroxyl groups is 2. The van der Waals surface area contributed by atoms with Crippen LogP contribution in [0.1, 0.15) is 147 Å². The number of carbonyl (C=O) groups is 1. The first-order valence-electron chi connectivity index (χ1n) is 18.1. The Hall–Kier alpha value is -1.85. The topological polar surface area (TPSA) is 76.0 Å². The van der Waals surface area contributed by atoms with Crippen molar-refractivity contribution in [1.29, 1.82) is 0 Å². The molecular formula is C39H64O5. The van der Waals surface area contributed by atoms with Crippen LogP contribution in [0.3, 0.4) is 0 Å².